The van der Waals surface area contributed by atoms with E-state index in [1.54, 1.807) is 0 Å². The molecule has 0 rings (SSSR count). The lowest BCUT2D eigenvalue weighted by Gasteiger charge is -2.28. The van der Waals surface area contributed by atoms with Crippen LogP contribution in [0.3, 0.4) is 0 Å². The summed E-state index contributed by atoms with van der Waals surface area (Å²) in [5.74, 6) is -0.846. The Labute approximate surface area is 370 Å². The molecule has 0 aliphatic heterocycles. The highest BCUT2D eigenvalue weighted by molar-refractivity contribution is 7.45. The summed E-state index contributed by atoms with van der Waals surface area (Å²) in [6, 6.07) is 0. The second-order valence-electron chi connectivity index (χ2n) is 17.8. The summed E-state index contributed by atoms with van der Waals surface area (Å²) in [4.78, 5) is 37.6. The molecule has 0 N–H and O–H groups in total. The van der Waals surface area contributed by atoms with Crippen molar-refractivity contribution >= 4 is 19.8 Å². The van der Waals surface area contributed by atoms with Gasteiger partial charge in [0.25, 0.3) is 7.82 Å². The molecule has 0 aliphatic carbocycles. The number of unbranched alkanes of at least 4 members (excludes halogenated alkanes) is 25. The van der Waals surface area contributed by atoms with Crippen molar-refractivity contribution in [3.05, 3.63) is 36.5 Å². The number of esters is 2. The zero-order chi connectivity index (χ0) is 44.3. The highest BCUT2D eigenvalue weighted by Crippen LogP contribution is 2.38. The van der Waals surface area contributed by atoms with Crippen molar-refractivity contribution in [1.82, 2.24) is 0 Å². The molecule has 10 heteroatoms. The maximum atomic E-state index is 12.7. The van der Waals surface area contributed by atoms with E-state index in [1.807, 2.05) is 21.1 Å². The largest absolute Gasteiger partial charge is 0.756 e. The summed E-state index contributed by atoms with van der Waals surface area (Å²) < 4.78 is 34.0. The first kappa shape index (κ1) is 58.2. The molecule has 0 heterocycles. The van der Waals surface area contributed by atoms with E-state index < -0.39 is 32.5 Å². The fourth-order valence-corrected chi connectivity index (χ4v) is 7.47. The van der Waals surface area contributed by atoms with Crippen LogP contribution in [0.2, 0.25) is 0 Å². The van der Waals surface area contributed by atoms with Crippen LogP contribution >= 0.6 is 7.82 Å². The minimum Gasteiger partial charge on any atom is -0.756 e. The lowest BCUT2D eigenvalue weighted by atomic mass is 10.0. The van der Waals surface area contributed by atoms with Crippen LogP contribution in [0.4, 0.5) is 0 Å². The molecule has 0 aromatic carbocycles. The first-order valence-corrected chi connectivity index (χ1v) is 26.2. The van der Waals surface area contributed by atoms with Crippen molar-refractivity contribution in [2.45, 2.75) is 225 Å². The van der Waals surface area contributed by atoms with Gasteiger partial charge in [-0.3, -0.25) is 14.2 Å². The van der Waals surface area contributed by atoms with Gasteiger partial charge in [0.15, 0.2) is 6.10 Å². The summed E-state index contributed by atoms with van der Waals surface area (Å²) in [5.41, 5.74) is 0. The van der Waals surface area contributed by atoms with E-state index in [4.69, 9.17) is 18.5 Å². The van der Waals surface area contributed by atoms with Gasteiger partial charge >= 0.3 is 11.9 Å². The topological polar surface area (TPSA) is 111 Å². The van der Waals surface area contributed by atoms with E-state index in [1.165, 1.54) is 122 Å². The Balaban J connectivity index is 4.27. The average Bonchev–Trinajstić information content (AvgIpc) is 3.20. The van der Waals surface area contributed by atoms with Gasteiger partial charge < -0.3 is 27.9 Å². The van der Waals surface area contributed by atoms with Crippen LogP contribution in [0.1, 0.15) is 219 Å². The van der Waals surface area contributed by atoms with Gasteiger partial charge in [-0.05, 0) is 70.6 Å². The van der Waals surface area contributed by atoms with Gasteiger partial charge in [-0.25, -0.2) is 0 Å². The molecule has 0 bridgehead atoms. The van der Waals surface area contributed by atoms with E-state index >= 15 is 0 Å². The molecule has 0 fully saturated rings. The second kappa shape index (κ2) is 42.5. The molecule has 352 valence electrons. The molecule has 0 amide bonds. The van der Waals surface area contributed by atoms with Crippen LogP contribution in [0.25, 0.3) is 0 Å². The van der Waals surface area contributed by atoms with Crippen molar-refractivity contribution in [2.24, 2.45) is 0 Å². The van der Waals surface area contributed by atoms with Crippen molar-refractivity contribution in [3.8, 4) is 0 Å². The Hall–Kier alpha value is -1.77. The highest BCUT2D eigenvalue weighted by Gasteiger charge is 2.21. The summed E-state index contributed by atoms with van der Waals surface area (Å²) >= 11 is 0. The van der Waals surface area contributed by atoms with E-state index in [-0.39, 0.29) is 26.1 Å². The average molecular weight is 868 g/mol. The zero-order valence-electron chi connectivity index (χ0n) is 39.7. The van der Waals surface area contributed by atoms with Crippen molar-refractivity contribution in [2.75, 3.05) is 47.5 Å². The number of ether oxygens (including phenoxy) is 2. The Morgan fingerprint density at radius 1 is 0.517 bits per heavy atom. The van der Waals surface area contributed by atoms with Gasteiger partial charge in [0.2, 0.25) is 0 Å². The van der Waals surface area contributed by atoms with Crippen molar-refractivity contribution < 1.29 is 42.1 Å². The summed E-state index contributed by atoms with van der Waals surface area (Å²) in [6.07, 6.45) is 48.8. The first-order valence-electron chi connectivity index (χ1n) is 24.7. The monoisotopic (exact) mass is 868 g/mol. The molecule has 0 aliphatic rings. The Kier molecular flexibility index (Phi) is 41.3. The minimum atomic E-state index is -4.63. The standard InChI is InChI=1S/C50H94NO8P/c1-6-8-10-12-14-16-18-20-22-23-24-25-26-27-29-31-33-35-37-39-41-43-50(53)59-48(47-58-60(54,55)57-45-44-51(3,4)5)46-56-49(52)42-40-38-36-34-32-30-28-21-19-17-15-13-11-9-7-2/h15,17,20-22,28,48H,6-14,16,18-19,23-27,29-47H2,1-5H3/b17-15+,22-20+,28-21+/t48-/m1/s1. The van der Waals surface area contributed by atoms with Crippen molar-refractivity contribution in [1.29, 1.82) is 0 Å². The summed E-state index contributed by atoms with van der Waals surface area (Å²) in [5, 5.41) is 0. The van der Waals surface area contributed by atoms with Gasteiger partial charge in [-0.1, -0.05) is 172 Å². The molecule has 9 nitrogen and oxygen atoms in total. The Bertz CT molecular complexity index is 1120. The number of likely N-dealkylation sites (N-methyl/N-ethyl adjacent to an activating group) is 1. The number of carbonyl (C=O) groups excluding carboxylic acids is 2. The molecular formula is C50H94NO8P. The molecule has 60 heavy (non-hydrogen) atoms. The number of phosphoric ester groups is 1. The van der Waals surface area contributed by atoms with Crippen LogP contribution in [0.15, 0.2) is 36.5 Å². The van der Waals surface area contributed by atoms with E-state index in [2.05, 4.69) is 50.3 Å². The number of nitrogens with zero attached hydrogens (tertiary/aromatic N) is 1. The summed E-state index contributed by atoms with van der Waals surface area (Å²) in [7, 11) is 1.16. The number of rotatable bonds is 45. The lowest BCUT2D eigenvalue weighted by Crippen LogP contribution is -2.37. The third-order valence-electron chi connectivity index (χ3n) is 10.6. The number of allylic oxidation sites excluding steroid dienone is 6. The first-order chi connectivity index (χ1) is 29.0. The van der Waals surface area contributed by atoms with Gasteiger partial charge in [-0.15, -0.1) is 0 Å². The van der Waals surface area contributed by atoms with Crippen LogP contribution in [0, 0.1) is 0 Å². The van der Waals surface area contributed by atoms with Crippen LogP contribution in [-0.2, 0) is 32.7 Å². The van der Waals surface area contributed by atoms with Gasteiger partial charge in [0.05, 0.1) is 27.7 Å². The maximum absolute atomic E-state index is 12.7. The minimum absolute atomic E-state index is 0.0330. The molecular weight excluding hydrogens is 774 g/mol. The number of quaternary nitrogens is 1. The normalized spacial score (nSPS) is 13.8. The Morgan fingerprint density at radius 2 is 0.900 bits per heavy atom. The molecule has 0 aromatic rings. The maximum Gasteiger partial charge on any atom is 0.306 e. The predicted molar refractivity (Wildman–Crippen MR) is 250 cm³/mol. The third kappa shape index (κ3) is 45.7. The quantitative estimate of drug-likeness (QED) is 0.0196. The third-order valence-corrected chi connectivity index (χ3v) is 11.6. The highest BCUT2D eigenvalue weighted by atomic mass is 31.2. The number of carbonyl (C=O) groups is 2. The van der Waals surface area contributed by atoms with Crippen LogP contribution in [-0.4, -0.2) is 70.0 Å². The number of phosphoric acid groups is 1. The van der Waals surface area contributed by atoms with Gasteiger partial charge in [0.1, 0.15) is 19.8 Å². The number of hydrogen-bond donors (Lipinski definition) is 0. The summed E-state index contributed by atoms with van der Waals surface area (Å²) in [6.45, 7) is 4.20. The molecule has 0 saturated heterocycles. The van der Waals surface area contributed by atoms with Gasteiger partial charge in [0, 0.05) is 12.8 Å². The molecule has 0 aromatic heterocycles. The van der Waals surface area contributed by atoms with Crippen LogP contribution < -0.4 is 4.89 Å². The smallest absolute Gasteiger partial charge is 0.306 e. The van der Waals surface area contributed by atoms with Gasteiger partial charge in [-0.2, -0.15) is 0 Å². The molecule has 0 radical (unpaired) electrons. The molecule has 0 saturated carbocycles. The van der Waals surface area contributed by atoms with Crippen molar-refractivity contribution in [3.63, 3.8) is 0 Å². The lowest BCUT2D eigenvalue weighted by molar-refractivity contribution is -0.870. The van der Waals surface area contributed by atoms with E-state index in [0.29, 0.717) is 23.9 Å². The number of hydrogen-bond acceptors (Lipinski definition) is 8. The second-order valence-corrected chi connectivity index (χ2v) is 19.2. The molecule has 2 atom stereocenters. The fourth-order valence-electron chi connectivity index (χ4n) is 6.74. The zero-order valence-corrected chi connectivity index (χ0v) is 40.6. The Morgan fingerprint density at radius 3 is 1.37 bits per heavy atom. The van der Waals surface area contributed by atoms with E-state index in [9.17, 15) is 19.0 Å². The molecule has 0 spiro atoms. The van der Waals surface area contributed by atoms with Crippen LogP contribution in [0.5, 0.6) is 0 Å². The predicted octanol–water partition coefficient (Wildman–Crippen LogP) is 13.8. The van der Waals surface area contributed by atoms with E-state index in [0.717, 1.165) is 57.8 Å². The molecule has 1 unspecified atom stereocenters. The fraction of sp³-hybridized carbons (Fsp3) is 0.840. The SMILES string of the molecule is CCCCC/C=C/C/C=C/CCCCCCCC(=O)OC[C@H](COP(=O)([O-])OCC[N+](C)(C)C)OC(=O)CCCCCCCCCCCCC/C=C/CCCCCCCC.